The number of likely N-dealkylation sites (N-methyl/N-ethyl adjacent to an activating group) is 1. The van der Waals surface area contributed by atoms with E-state index >= 15 is 0 Å². The maximum Gasteiger partial charge on any atom is 0.0624 e. The Balaban J connectivity index is 2.27. The molecule has 0 spiro atoms. The average Bonchev–Trinajstić information content (AvgIpc) is 2.88. The molecule has 1 unspecified atom stereocenters. The largest absolute Gasteiger partial charge is 0.312 e. The molecule has 1 aromatic heterocycles. The summed E-state index contributed by atoms with van der Waals surface area (Å²) in [7, 11) is 1.99. The first-order valence-corrected chi connectivity index (χ1v) is 7.97. The van der Waals surface area contributed by atoms with Crippen LogP contribution >= 0.6 is 34.5 Å². The zero-order valence-electron chi connectivity index (χ0n) is 11.0. The van der Waals surface area contributed by atoms with E-state index in [0.29, 0.717) is 10.0 Å². The van der Waals surface area contributed by atoms with Gasteiger partial charge in [-0.25, -0.2) is 0 Å². The SMILES string of the molecule is CCc1ccsc1C(Cc1cccc(Cl)c1Cl)NC. The molecule has 1 N–H and O–H groups in total. The standard InChI is InChI=1S/C15H17Cl2NS/c1-3-10-7-8-19-15(10)13(18-2)9-11-5-4-6-12(16)14(11)17/h4-8,13,18H,3,9H2,1-2H3. The minimum absolute atomic E-state index is 0.283. The van der Waals surface area contributed by atoms with Gasteiger partial charge in [-0.1, -0.05) is 42.3 Å². The van der Waals surface area contributed by atoms with E-state index < -0.39 is 0 Å². The molecule has 0 radical (unpaired) electrons. The van der Waals surface area contributed by atoms with Crippen molar-refractivity contribution in [3.05, 3.63) is 55.7 Å². The monoisotopic (exact) mass is 313 g/mol. The number of hydrogen-bond donors (Lipinski definition) is 1. The molecule has 102 valence electrons. The number of rotatable bonds is 5. The number of nitrogens with one attached hydrogen (secondary N) is 1. The lowest BCUT2D eigenvalue weighted by Crippen LogP contribution is -2.19. The quantitative estimate of drug-likeness (QED) is 0.807. The van der Waals surface area contributed by atoms with Gasteiger partial charge in [0.2, 0.25) is 0 Å². The Morgan fingerprint density at radius 3 is 2.68 bits per heavy atom. The van der Waals surface area contributed by atoms with Gasteiger partial charge >= 0.3 is 0 Å². The molecule has 0 saturated carbocycles. The molecular formula is C15H17Cl2NS. The first kappa shape index (κ1) is 14.9. The predicted octanol–water partition coefficient (Wildman–Crippen LogP) is 5.12. The van der Waals surface area contributed by atoms with Crippen LogP contribution in [-0.4, -0.2) is 7.05 Å². The van der Waals surface area contributed by atoms with Gasteiger partial charge in [-0.3, -0.25) is 0 Å². The third-order valence-electron chi connectivity index (χ3n) is 3.28. The minimum Gasteiger partial charge on any atom is -0.312 e. The van der Waals surface area contributed by atoms with Crippen molar-refractivity contribution < 1.29 is 0 Å². The molecule has 1 atom stereocenters. The van der Waals surface area contributed by atoms with Crippen molar-refractivity contribution in [3.8, 4) is 0 Å². The van der Waals surface area contributed by atoms with Crippen LogP contribution in [-0.2, 0) is 12.8 Å². The van der Waals surface area contributed by atoms with E-state index in [1.165, 1.54) is 10.4 Å². The van der Waals surface area contributed by atoms with Gasteiger partial charge in [-0.05, 0) is 48.5 Å². The third-order valence-corrected chi connectivity index (χ3v) is 5.21. The van der Waals surface area contributed by atoms with Crippen LogP contribution in [0, 0.1) is 0 Å². The van der Waals surface area contributed by atoms with Crippen LogP contribution in [0.3, 0.4) is 0 Å². The Bertz CT molecular complexity index is 551. The molecule has 0 amide bonds. The first-order chi connectivity index (χ1) is 9.17. The summed E-state index contributed by atoms with van der Waals surface area (Å²) >= 11 is 14.1. The van der Waals surface area contributed by atoms with Gasteiger partial charge in [0.05, 0.1) is 10.0 Å². The average molecular weight is 314 g/mol. The Kier molecular flexibility index (Phi) is 5.28. The molecule has 0 aliphatic heterocycles. The highest BCUT2D eigenvalue weighted by Crippen LogP contribution is 2.32. The number of aryl methyl sites for hydroxylation is 1. The summed E-state index contributed by atoms with van der Waals surface area (Å²) in [6.07, 6.45) is 1.91. The first-order valence-electron chi connectivity index (χ1n) is 6.33. The molecule has 4 heteroatoms. The maximum absolute atomic E-state index is 6.27. The van der Waals surface area contributed by atoms with Gasteiger partial charge in [0.15, 0.2) is 0 Å². The molecule has 0 bridgehead atoms. The summed E-state index contributed by atoms with van der Waals surface area (Å²) < 4.78 is 0. The lowest BCUT2D eigenvalue weighted by Gasteiger charge is -2.17. The molecule has 1 aromatic carbocycles. The smallest absolute Gasteiger partial charge is 0.0624 e. The summed E-state index contributed by atoms with van der Waals surface area (Å²) in [4.78, 5) is 1.39. The number of benzene rings is 1. The Hall–Kier alpha value is -0.540. The molecule has 1 heterocycles. The van der Waals surface area contributed by atoms with Crippen molar-refractivity contribution in [2.24, 2.45) is 0 Å². The Morgan fingerprint density at radius 2 is 2.00 bits per heavy atom. The van der Waals surface area contributed by atoms with Crippen molar-refractivity contribution >= 4 is 34.5 Å². The Morgan fingerprint density at radius 1 is 1.21 bits per heavy atom. The number of halogens is 2. The fourth-order valence-electron chi connectivity index (χ4n) is 2.20. The number of thiophene rings is 1. The summed E-state index contributed by atoms with van der Waals surface area (Å²) in [5, 5.41) is 6.82. The lowest BCUT2D eigenvalue weighted by molar-refractivity contribution is 0.598. The summed E-state index contributed by atoms with van der Waals surface area (Å²) in [6, 6.07) is 8.29. The van der Waals surface area contributed by atoms with Crippen LogP contribution in [0.2, 0.25) is 10.0 Å². The minimum atomic E-state index is 0.283. The van der Waals surface area contributed by atoms with Crippen LogP contribution < -0.4 is 5.32 Å². The molecule has 19 heavy (non-hydrogen) atoms. The molecule has 0 aliphatic rings. The Labute approximate surface area is 128 Å². The lowest BCUT2D eigenvalue weighted by atomic mass is 10.0. The summed E-state index contributed by atoms with van der Waals surface area (Å²) in [5.74, 6) is 0. The molecule has 1 nitrogen and oxygen atoms in total. The van der Waals surface area contributed by atoms with Crippen molar-refractivity contribution in [2.45, 2.75) is 25.8 Å². The van der Waals surface area contributed by atoms with Gasteiger partial charge in [-0.15, -0.1) is 11.3 Å². The van der Waals surface area contributed by atoms with Crippen LogP contribution in [0.5, 0.6) is 0 Å². The van der Waals surface area contributed by atoms with E-state index in [1.807, 2.05) is 25.2 Å². The van der Waals surface area contributed by atoms with E-state index in [0.717, 1.165) is 18.4 Å². The fraction of sp³-hybridized carbons (Fsp3) is 0.333. The van der Waals surface area contributed by atoms with Gasteiger partial charge in [-0.2, -0.15) is 0 Å². The highest BCUT2D eigenvalue weighted by atomic mass is 35.5. The van der Waals surface area contributed by atoms with Gasteiger partial charge in [0.1, 0.15) is 0 Å². The highest BCUT2D eigenvalue weighted by Gasteiger charge is 2.17. The predicted molar refractivity (Wildman–Crippen MR) is 85.7 cm³/mol. The second-order valence-electron chi connectivity index (χ2n) is 4.42. The molecule has 2 aromatic rings. The van der Waals surface area contributed by atoms with Crippen LogP contribution in [0.4, 0.5) is 0 Å². The van der Waals surface area contributed by atoms with Gasteiger partial charge < -0.3 is 5.32 Å². The molecule has 2 rings (SSSR count). The molecule has 0 saturated heterocycles. The molecule has 0 aliphatic carbocycles. The van der Waals surface area contributed by atoms with Crippen molar-refractivity contribution in [2.75, 3.05) is 7.05 Å². The van der Waals surface area contributed by atoms with E-state index in [4.69, 9.17) is 23.2 Å². The molecular weight excluding hydrogens is 297 g/mol. The van der Waals surface area contributed by atoms with E-state index in [9.17, 15) is 0 Å². The van der Waals surface area contributed by atoms with E-state index in [1.54, 1.807) is 11.3 Å². The van der Waals surface area contributed by atoms with Crippen molar-refractivity contribution in [1.29, 1.82) is 0 Å². The third kappa shape index (κ3) is 3.32. The zero-order chi connectivity index (χ0) is 13.8. The van der Waals surface area contributed by atoms with Crippen LogP contribution in [0.15, 0.2) is 29.6 Å². The van der Waals surface area contributed by atoms with Gasteiger partial charge in [0.25, 0.3) is 0 Å². The van der Waals surface area contributed by atoms with Gasteiger partial charge in [0, 0.05) is 10.9 Å². The second kappa shape index (κ2) is 6.76. The molecule has 0 fully saturated rings. The van der Waals surface area contributed by atoms with Crippen molar-refractivity contribution in [3.63, 3.8) is 0 Å². The topological polar surface area (TPSA) is 12.0 Å². The highest BCUT2D eigenvalue weighted by molar-refractivity contribution is 7.10. The second-order valence-corrected chi connectivity index (χ2v) is 6.15. The normalized spacial score (nSPS) is 12.6. The number of hydrogen-bond acceptors (Lipinski definition) is 2. The van der Waals surface area contributed by atoms with Crippen LogP contribution in [0.1, 0.15) is 29.0 Å². The van der Waals surface area contributed by atoms with Crippen LogP contribution in [0.25, 0.3) is 0 Å². The summed E-state index contributed by atoms with van der Waals surface area (Å²) in [5.41, 5.74) is 2.49. The van der Waals surface area contributed by atoms with E-state index in [2.05, 4.69) is 23.7 Å². The zero-order valence-corrected chi connectivity index (χ0v) is 13.4. The summed E-state index contributed by atoms with van der Waals surface area (Å²) in [6.45, 7) is 2.19. The fourth-order valence-corrected chi connectivity index (χ4v) is 3.70. The van der Waals surface area contributed by atoms with E-state index in [-0.39, 0.29) is 6.04 Å². The maximum atomic E-state index is 6.27. The van der Waals surface area contributed by atoms with Crippen molar-refractivity contribution in [1.82, 2.24) is 5.32 Å².